The molecule has 2 rings (SSSR count). The Morgan fingerprint density at radius 2 is 2.27 bits per heavy atom. The van der Waals surface area contributed by atoms with E-state index in [0.29, 0.717) is 12.1 Å². The molecule has 3 atom stereocenters. The summed E-state index contributed by atoms with van der Waals surface area (Å²) < 4.78 is 5.62. The van der Waals surface area contributed by atoms with Crippen molar-refractivity contribution >= 4 is 0 Å². The van der Waals surface area contributed by atoms with Crippen LogP contribution >= 0.6 is 0 Å². The van der Waals surface area contributed by atoms with Crippen LogP contribution in [0.4, 0.5) is 0 Å². The van der Waals surface area contributed by atoms with Gasteiger partial charge in [-0.15, -0.1) is 0 Å². The van der Waals surface area contributed by atoms with Crippen molar-refractivity contribution < 1.29 is 4.74 Å². The molecule has 0 aromatic heterocycles. The first-order valence-corrected chi connectivity index (χ1v) is 6.36. The first-order valence-electron chi connectivity index (χ1n) is 6.36. The molecule has 2 heterocycles. The average molecular weight is 212 g/mol. The van der Waals surface area contributed by atoms with Crippen LogP contribution in [0.1, 0.15) is 26.7 Å². The van der Waals surface area contributed by atoms with Crippen LogP contribution in [0.2, 0.25) is 0 Å². The van der Waals surface area contributed by atoms with Gasteiger partial charge in [-0.05, 0) is 31.8 Å². The van der Waals surface area contributed by atoms with E-state index >= 15 is 0 Å². The monoisotopic (exact) mass is 212 g/mol. The lowest BCUT2D eigenvalue weighted by Gasteiger charge is -2.38. The van der Waals surface area contributed by atoms with Crippen LogP contribution in [0.15, 0.2) is 0 Å². The summed E-state index contributed by atoms with van der Waals surface area (Å²) in [6, 6.07) is 1.26. The fourth-order valence-electron chi connectivity index (χ4n) is 2.85. The van der Waals surface area contributed by atoms with Gasteiger partial charge in [-0.3, -0.25) is 4.90 Å². The first-order chi connectivity index (χ1) is 7.31. The van der Waals surface area contributed by atoms with E-state index in [1.807, 2.05) is 0 Å². The van der Waals surface area contributed by atoms with Crippen LogP contribution in [0.5, 0.6) is 0 Å². The predicted molar refractivity (Wildman–Crippen MR) is 62.0 cm³/mol. The minimum absolute atomic E-state index is 0.614. The number of nitrogens with one attached hydrogen (secondary N) is 1. The van der Waals surface area contributed by atoms with Crippen molar-refractivity contribution in [1.29, 1.82) is 0 Å². The minimum atomic E-state index is 0.614. The summed E-state index contributed by atoms with van der Waals surface area (Å²) in [7, 11) is 0. The molecule has 3 nitrogen and oxygen atoms in total. The summed E-state index contributed by atoms with van der Waals surface area (Å²) in [6.45, 7) is 9.99. The normalized spacial score (nSPS) is 38.4. The highest BCUT2D eigenvalue weighted by molar-refractivity contribution is 4.90. The van der Waals surface area contributed by atoms with Gasteiger partial charge in [0.15, 0.2) is 0 Å². The third-order valence-electron chi connectivity index (χ3n) is 3.72. The highest BCUT2D eigenvalue weighted by Crippen LogP contribution is 2.22. The van der Waals surface area contributed by atoms with Crippen molar-refractivity contribution in [3.8, 4) is 0 Å². The molecule has 0 radical (unpaired) electrons. The van der Waals surface area contributed by atoms with Crippen molar-refractivity contribution in [3.05, 3.63) is 0 Å². The maximum atomic E-state index is 5.62. The molecule has 3 heteroatoms. The second-order valence-electron chi connectivity index (χ2n) is 4.98. The molecule has 2 aliphatic rings. The van der Waals surface area contributed by atoms with E-state index in [4.69, 9.17) is 4.74 Å². The summed E-state index contributed by atoms with van der Waals surface area (Å²) >= 11 is 0. The fraction of sp³-hybridized carbons (Fsp3) is 1.00. The molecule has 2 fully saturated rings. The Morgan fingerprint density at radius 1 is 1.40 bits per heavy atom. The third kappa shape index (κ3) is 2.71. The molecule has 0 aromatic carbocycles. The summed E-state index contributed by atoms with van der Waals surface area (Å²) in [6.07, 6.45) is 2.53. The number of likely N-dealkylation sites (tertiary alicyclic amines) is 1. The van der Waals surface area contributed by atoms with Crippen molar-refractivity contribution in [2.24, 2.45) is 5.92 Å². The molecule has 3 unspecified atom stereocenters. The smallest absolute Gasteiger partial charge is 0.0637 e. The molecule has 0 bridgehead atoms. The van der Waals surface area contributed by atoms with E-state index in [2.05, 4.69) is 24.1 Å². The summed E-state index contributed by atoms with van der Waals surface area (Å²) in [4.78, 5) is 2.62. The maximum Gasteiger partial charge on any atom is 0.0637 e. The van der Waals surface area contributed by atoms with Crippen molar-refractivity contribution in [2.45, 2.75) is 38.8 Å². The molecule has 2 saturated heterocycles. The van der Waals surface area contributed by atoms with Crippen LogP contribution in [-0.4, -0.2) is 49.8 Å². The minimum Gasteiger partial charge on any atom is -0.380 e. The second-order valence-corrected chi connectivity index (χ2v) is 4.98. The lowest BCUT2D eigenvalue weighted by molar-refractivity contribution is 0.00457. The van der Waals surface area contributed by atoms with E-state index in [1.54, 1.807) is 0 Å². The molecule has 15 heavy (non-hydrogen) atoms. The predicted octanol–water partition coefficient (Wildman–Crippen LogP) is 1.10. The number of hydrogen-bond acceptors (Lipinski definition) is 3. The standard InChI is InChI=1S/C12H24N2O/c1-3-13-11-5-7-15-9-12(11)14-6-4-10(2)8-14/h10-13H,3-9H2,1-2H3. The van der Waals surface area contributed by atoms with Crippen molar-refractivity contribution in [3.63, 3.8) is 0 Å². The first kappa shape index (κ1) is 11.4. The average Bonchev–Trinajstić information content (AvgIpc) is 2.66. The van der Waals surface area contributed by atoms with Crippen molar-refractivity contribution in [1.82, 2.24) is 10.2 Å². The Balaban J connectivity index is 1.92. The summed E-state index contributed by atoms with van der Waals surface area (Å²) in [5.41, 5.74) is 0. The molecule has 1 N–H and O–H groups in total. The molecule has 0 amide bonds. The van der Waals surface area contributed by atoms with Crippen LogP contribution in [0.25, 0.3) is 0 Å². The SMILES string of the molecule is CCNC1CCOCC1N1CCC(C)C1. The van der Waals surface area contributed by atoms with Gasteiger partial charge in [-0.25, -0.2) is 0 Å². The van der Waals surface area contributed by atoms with Gasteiger partial charge in [0, 0.05) is 25.2 Å². The van der Waals surface area contributed by atoms with E-state index in [1.165, 1.54) is 25.9 Å². The lowest BCUT2D eigenvalue weighted by atomic mass is 10.0. The van der Waals surface area contributed by atoms with E-state index in [9.17, 15) is 0 Å². The van der Waals surface area contributed by atoms with E-state index in [-0.39, 0.29) is 0 Å². The summed E-state index contributed by atoms with van der Waals surface area (Å²) in [5, 5.41) is 3.60. The Bertz CT molecular complexity index is 191. The van der Waals surface area contributed by atoms with Crippen LogP contribution < -0.4 is 5.32 Å². The van der Waals surface area contributed by atoms with Gasteiger partial charge in [-0.2, -0.15) is 0 Å². The second kappa shape index (κ2) is 5.28. The van der Waals surface area contributed by atoms with Gasteiger partial charge in [0.2, 0.25) is 0 Å². The van der Waals surface area contributed by atoms with Gasteiger partial charge in [0.1, 0.15) is 0 Å². The van der Waals surface area contributed by atoms with E-state index < -0.39 is 0 Å². The zero-order chi connectivity index (χ0) is 10.7. The Hall–Kier alpha value is -0.120. The van der Waals surface area contributed by atoms with Gasteiger partial charge < -0.3 is 10.1 Å². The number of likely N-dealkylation sites (N-methyl/N-ethyl adjacent to an activating group) is 1. The molecule has 0 aliphatic carbocycles. The number of hydrogen-bond donors (Lipinski definition) is 1. The summed E-state index contributed by atoms with van der Waals surface area (Å²) in [5.74, 6) is 0.870. The van der Waals surface area contributed by atoms with Crippen LogP contribution in [0, 0.1) is 5.92 Å². The van der Waals surface area contributed by atoms with Gasteiger partial charge in [0.25, 0.3) is 0 Å². The zero-order valence-corrected chi connectivity index (χ0v) is 10.0. The van der Waals surface area contributed by atoms with E-state index in [0.717, 1.165) is 25.7 Å². The topological polar surface area (TPSA) is 24.5 Å². The Kier molecular flexibility index (Phi) is 4.00. The molecule has 0 saturated carbocycles. The quantitative estimate of drug-likeness (QED) is 0.758. The largest absolute Gasteiger partial charge is 0.380 e. The number of rotatable bonds is 3. The number of ether oxygens (including phenoxy) is 1. The molecular formula is C12H24N2O. The molecule has 0 aromatic rings. The molecule has 0 spiro atoms. The maximum absolute atomic E-state index is 5.62. The van der Waals surface area contributed by atoms with Gasteiger partial charge in [0.05, 0.1) is 6.61 Å². The highest BCUT2D eigenvalue weighted by Gasteiger charge is 2.33. The Morgan fingerprint density at radius 3 is 2.93 bits per heavy atom. The lowest BCUT2D eigenvalue weighted by Crippen LogP contribution is -2.54. The Labute approximate surface area is 93.2 Å². The highest BCUT2D eigenvalue weighted by atomic mass is 16.5. The zero-order valence-electron chi connectivity index (χ0n) is 10.0. The van der Waals surface area contributed by atoms with Crippen molar-refractivity contribution in [2.75, 3.05) is 32.8 Å². The third-order valence-corrected chi connectivity index (χ3v) is 3.72. The van der Waals surface area contributed by atoms with Gasteiger partial charge in [-0.1, -0.05) is 13.8 Å². The van der Waals surface area contributed by atoms with Crippen LogP contribution in [0.3, 0.4) is 0 Å². The number of nitrogens with zero attached hydrogens (tertiary/aromatic N) is 1. The molecule has 88 valence electrons. The molecule has 2 aliphatic heterocycles. The molecular weight excluding hydrogens is 188 g/mol. The fourth-order valence-corrected chi connectivity index (χ4v) is 2.85. The van der Waals surface area contributed by atoms with Crippen LogP contribution in [-0.2, 0) is 4.74 Å². The van der Waals surface area contributed by atoms with Gasteiger partial charge >= 0.3 is 0 Å².